The second-order valence-electron chi connectivity index (χ2n) is 7.04. The Hall–Kier alpha value is -3.58. The Kier molecular flexibility index (Phi) is 5.18. The van der Waals surface area contributed by atoms with Gasteiger partial charge < -0.3 is 13.8 Å². The minimum atomic E-state index is 0.0290. The van der Waals surface area contributed by atoms with Crippen LogP contribution >= 0.6 is 11.8 Å². The van der Waals surface area contributed by atoms with E-state index in [2.05, 4.69) is 17.1 Å². The van der Waals surface area contributed by atoms with Crippen LogP contribution in [-0.2, 0) is 0 Å². The van der Waals surface area contributed by atoms with Gasteiger partial charge >= 0.3 is 0 Å². The molecule has 0 N–H and O–H groups in total. The number of aromatic nitrogens is 2. The highest BCUT2D eigenvalue weighted by Crippen LogP contribution is 2.42. The Morgan fingerprint density at radius 3 is 2.81 bits per heavy atom. The predicted molar refractivity (Wildman–Crippen MR) is 120 cm³/mol. The first-order chi connectivity index (χ1) is 15.2. The van der Waals surface area contributed by atoms with Crippen LogP contribution in [0.1, 0.15) is 35.4 Å². The molecule has 5 rings (SSSR count). The molecular formula is C24H19N3O3S. The zero-order chi connectivity index (χ0) is 21.2. The van der Waals surface area contributed by atoms with Gasteiger partial charge in [-0.2, -0.15) is 4.98 Å². The van der Waals surface area contributed by atoms with Crippen LogP contribution < -0.4 is 4.90 Å². The fraction of sp³-hybridized carbons (Fsp3) is 0.125. The van der Waals surface area contributed by atoms with Crippen molar-refractivity contribution in [2.24, 2.45) is 0 Å². The molecule has 31 heavy (non-hydrogen) atoms. The average molecular weight is 430 g/mol. The van der Waals surface area contributed by atoms with Crippen LogP contribution in [0.15, 0.2) is 79.6 Å². The van der Waals surface area contributed by atoms with E-state index in [-0.39, 0.29) is 5.91 Å². The molecule has 0 radical (unpaired) electrons. The van der Waals surface area contributed by atoms with Crippen molar-refractivity contribution in [1.82, 2.24) is 10.1 Å². The maximum Gasteiger partial charge on any atom is 0.259 e. The van der Waals surface area contributed by atoms with Gasteiger partial charge in [0.25, 0.3) is 11.8 Å². The average Bonchev–Trinajstić information content (AvgIpc) is 3.46. The second kappa shape index (κ2) is 8.28. The highest BCUT2D eigenvalue weighted by Gasteiger charge is 2.27. The largest absolute Gasteiger partial charge is 0.465 e. The molecule has 0 fully saturated rings. The van der Waals surface area contributed by atoms with E-state index in [9.17, 15) is 4.79 Å². The first-order valence-electron chi connectivity index (χ1n) is 10.0. The Balaban J connectivity index is 1.50. The fourth-order valence-electron chi connectivity index (χ4n) is 3.47. The molecule has 6 nitrogen and oxygen atoms in total. The molecule has 0 atom stereocenters. The van der Waals surface area contributed by atoms with E-state index in [0.29, 0.717) is 24.0 Å². The van der Waals surface area contributed by atoms with Gasteiger partial charge in [-0.15, -0.1) is 0 Å². The SMILES string of the molecule is CCCN1C(=O)c2ccccc2Sc2cc(-c3noc(C=Cc4ccco4)n3)ccc21. The summed E-state index contributed by atoms with van der Waals surface area (Å²) in [6.07, 6.45) is 5.97. The van der Waals surface area contributed by atoms with E-state index in [4.69, 9.17) is 8.94 Å². The molecule has 2 aromatic carbocycles. The van der Waals surface area contributed by atoms with Crippen molar-refractivity contribution in [1.29, 1.82) is 0 Å². The van der Waals surface area contributed by atoms with E-state index in [1.165, 1.54) is 0 Å². The Morgan fingerprint density at radius 1 is 1.06 bits per heavy atom. The number of rotatable bonds is 5. The van der Waals surface area contributed by atoms with Crippen LogP contribution in [0.4, 0.5) is 5.69 Å². The van der Waals surface area contributed by atoms with Gasteiger partial charge in [-0.3, -0.25) is 4.79 Å². The van der Waals surface area contributed by atoms with E-state index in [1.807, 2.05) is 59.5 Å². The Bertz CT molecular complexity index is 1260. The van der Waals surface area contributed by atoms with E-state index < -0.39 is 0 Å². The van der Waals surface area contributed by atoms with Gasteiger partial charge in [0.15, 0.2) is 0 Å². The number of nitrogens with zero attached hydrogens (tertiary/aromatic N) is 3. The molecule has 0 bridgehead atoms. The van der Waals surface area contributed by atoms with Gasteiger partial charge in [0, 0.05) is 28.0 Å². The summed E-state index contributed by atoms with van der Waals surface area (Å²) in [5.74, 6) is 1.62. The van der Waals surface area contributed by atoms with E-state index in [0.717, 1.165) is 33.0 Å². The first-order valence-corrected chi connectivity index (χ1v) is 10.8. The zero-order valence-electron chi connectivity index (χ0n) is 16.8. The van der Waals surface area contributed by atoms with Gasteiger partial charge in [-0.1, -0.05) is 36.0 Å². The summed E-state index contributed by atoms with van der Waals surface area (Å²) in [4.78, 5) is 21.4. The molecule has 1 aliphatic rings. The van der Waals surface area contributed by atoms with Crippen LogP contribution in [0.3, 0.4) is 0 Å². The van der Waals surface area contributed by atoms with Crippen molar-refractivity contribution in [2.75, 3.05) is 11.4 Å². The standard InChI is InChI=1S/C24H19N3O3S/c1-2-13-27-19-11-9-16(15-21(19)31-20-8-4-3-7-18(20)24(27)28)23-25-22(30-26-23)12-10-17-6-5-14-29-17/h3-12,14-15H,2,13H2,1H3. The lowest BCUT2D eigenvalue weighted by Crippen LogP contribution is -2.31. The maximum absolute atomic E-state index is 13.2. The highest BCUT2D eigenvalue weighted by atomic mass is 32.2. The molecule has 7 heteroatoms. The fourth-order valence-corrected chi connectivity index (χ4v) is 4.59. The maximum atomic E-state index is 13.2. The molecule has 3 heterocycles. The molecule has 2 aromatic heterocycles. The molecule has 1 aliphatic heterocycles. The van der Waals surface area contributed by atoms with Crippen molar-refractivity contribution in [3.63, 3.8) is 0 Å². The van der Waals surface area contributed by atoms with Crippen LogP contribution in [-0.4, -0.2) is 22.6 Å². The number of benzene rings is 2. The number of hydrogen-bond donors (Lipinski definition) is 0. The lowest BCUT2D eigenvalue weighted by atomic mass is 10.1. The molecule has 154 valence electrons. The van der Waals surface area contributed by atoms with Crippen molar-refractivity contribution >= 4 is 35.5 Å². The van der Waals surface area contributed by atoms with Crippen molar-refractivity contribution in [3.05, 3.63) is 78.1 Å². The predicted octanol–water partition coefficient (Wildman–Crippen LogP) is 6.02. The monoisotopic (exact) mass is 429 g/mol. The summed E-state index contributed by atoms with van der Waals surface area (Å²) in [5, 5.41) is 4.12. The lowest BCUT2D eigenvalue weighted by Gasteiger charge is -2.22. The minimum Gasteiger partial charge on any atom is -0.465 e. The zero-order valence-corrected chi connectivity index (χ0v) is 17.6. The van der Waals surface area contributed by atoms with Crippen molar-refractivity contribution < 1.29 is 13.7 Å². The van der Waals surface area contributed by atoms with Gasteiger partial charge in [0.1, 0.15) is 5.76 Å². The third-order valence-electron chi connectivity index (χ3n) is 4.91. The summed E-state index contributed by atoms with van der Waals surface area (Å²) in [6.45, 7) is 2.73. The Labute approximate surface area is 183 Å². The smallest absolute Gasteiger partial charge is 0.259 e. The molecule has 0 saturated heterocycles. The minimum absolute atomic E-state index is 0.0290. The van der Waals surface area contributed by atoms with Crippen LogP contribution in [0.2, 0.25) is 0 Å². The quantitative estimate of drug-likeness (QED) is 0.386. The van der Waals surface area contributed by atoms with Crippen LogP contribution in [0.5, 0.6) is 0 Å². The Morgan fingerprint density at radius 2 is 1.97 bits per heavy atom. The van der Waals surface area contributed by atoms with E-state index in [1.54, 1.807) is 30.2 Å². The topological polar surface area (TPSA) is 72.4 Å². The third kappa shape index (κ3) is 3.80. The summed E-state index contributed by atoms with van der Waals surface area (Å²) in [5.41, 5.74) is 2.46. The number of anilines is 1. The van der Waals surface area contributed by atoms with E-state index >= 15 is 0 Å². The number of carbonyl (C=O) groups excluding carboxylic acids is 1. The van der Waals surface area contributed by atoms with Crippen molar-refractivity contribution in [2.45, 2.75) is 23.1 Å². The highest BCUT2D eigenvalue weighted by molar-refractivity contribution is 7.99. The normalized spacial score (nSPS) is 13.3. The van der Waals surface area contributed by atoms with Crippen LogP contribution in [0.25, 0.3) is 23.5 Å². The lowest BCUT2D eigenvalue weighted by molar-refractivity contribution is 0.0984. The second-order valence-corrected chi connectivity index (χ2v) is 8.13. The van der Waals surface area contributed by atoms with Crippen molar-refractivity contribution in [3.8, 4) is 11.4 Å². The van der Waals surface area contributed by atoms with Gasteiger partial charge in [-0.25, -0.2) is 0 Å². The number of hydrogen-bond acceptors (Lipinski definition) is 6. The van der Waals surface area contributed by atoms with Gasteiger partial charge in [-0.05, 0) is 55.0 Å². The number of amides is 1. The number of fused-ring (bicyclic) bond motifs is 2. The summed E-state index contributed by atoms with van der Waals surface area (Å²) in [7, 11) is 0. The third-order valence-corrected chi connectivity index (χ3v) is 6.04. The molecule has 0 saturated carbocycles. The molecule has 0 spiro atoms. The first kappa shape index (κ1) is 19.4. The summed E-state index contributed by atoms with van der Waals surface area (Å²) < 4.78 is 10.6. The molecule has 1 amide bonds. The summed E-state index contributed by atoms with van der Waals surface area (Å²) >= 11 is 1.59. The molecule has 0 aliphatic carbocycles. The number of furan rings is 1. The number of carbonyl (C=O) groups is 1. The van der Waals surface area contributed by atoms with Crippen LogP contribution in [0, 0.1) is 0 Å². The van der Waals surface area contributed by atoms with Gasteiger partial charge in [0.2, 0.25) is 5.82 Å². The van der Waals surface area contributed by atoms with Gasteiger partial charge in [0.05, 0.1) is 17.5 Å². The molecular weight excluding hydrogens is 410 g/mol. The molecule has 4 aromatic rings. The molecule has 0 unspecified atom stereocenters. The summed E-state index contributed by atoms with van der Waals surface area (Å²) in [6, 6.07) is 17.3.